The standard InChI is InChI=1S/C8H7ClFNO/c9-6-3-1-2-5(4-6)7(10)8(11)12/h1-4,7H,(H2,11,12). The van der Waals surface area contributed by atoms with Crippen molar-refractivity contribution in [2.24, 2.45) is 5.73 Å². The van der Waals surface area contributed by atoms with E-state index in [-0.39, 0.29) is 5.56 Å². The van der Waals surface area contributed by atoms with Crippen LogP contribution < -0.4 is 5.73 Å². The van der Waals surface area contributed by atoms with E-state index in [0.29, 0.717) is 5.02 Å². The van der Waals surface area contributed by atoms with Gasteiger partial charge in [-0.05, 0) is 17.7 Å². The van der Waals surface area contributed by atoms with Crippen molar-refractivity contribution in [2.75, 3.05) is 0 Å². The minimum absolute atomic E-state index is 0.190. The maximum atomic E-state index is 12.9. The van der Waals surface area contributed by atoms with Gasteiger partial charge < -0.3 is 5.73 Å². The molecule has 0 fully saturated rings. The molecule has 0 saturated heterocycles. The molecule has 1 atom stereocenters. The fourth-order valence-electron chi connectivity index (χ4n) is 0.829. The molecule has 1 aromatic carbocycles. The van der Waals surface area contributed by atoms with Gasteiger partial charge in [0.25, 0.3) is 5.91 Å². The monoisotopic (exact) mass is 187 g/mol. The summed E-state index contributed by atoms with van der Waals surface area (Å²) in [4.78, 5) is 10.4. The van der Waals surface area contributed by atoms with Gasteiger partial charge in [0, 0.05) is 5.02 Å². The number of carbonyl (C=O) groups excluding carboxylic acids is 1. The third kappa shape index (κ3) is 1.95. The van der Waals surface area contributed by atoms with Gasteiger partial charge in [0.2, 0.25) is 6.17 Å². The molecular formula is C8H7ClFNO. The first-order valence-corrected chi connectivity index (χ1v) is 3.68. The molecule has 1 amide bonds. The SMILES string of the molecule is NC(=O)C(F)c1cccc(Cl)c1. The van der Waals surface area contributed by atoms with E-state index in [0.717, 1.165) is 0 Å². The molecule has 2 N–H and O–H groups in total. The maximum Gasteiger partial charge on any atom is 0.256 e. The van der Waals surface area contributed by atoms with E-state index in [1.807, 2.05) is 0 Å². The van der Waals surface area contributed by atoms with E-state index >= 15 is 0 Å². The Balaban J connectivity index is 2.95. The van der Waals surface area contributed by atoms with Gasteiger partial charge in [-0.25, -0.2) is 4.39 Å². The number of alkyl halides is 1. The fraction of sp³-hybridized carbons (Fsp3) is 0.125. The van der Waals surface area contributed by atoms with Crippen LogP contribution in [0, 0.1) is 0 Å². The number of hydrogen-bond acceptors (Lipinski definition) is 1. The van der Waals surface area contributed by atoms with Gasteiger partial charge in [0.1, 0.15) is 0 Å². The summed E-state index contributed by atoms with van der Waals surface area (Å²) in [5.41, 5.74) is 4.95. The van der Waals surface area contributed by atoms with Crippen LogP contribution >= 0.6 is 11.6 Å². The van der Waals surface area contributed by atoms with Gasteiger partial charge in [-0.2, -0.15) is 0 Å². The highest BCUT2D eigenvalue weighted by molar-refractivity contribution is 6.30. The average Bonchev–Trinajstić information content (AvgIpc) is 2.03. The summed E-state index contributed by atoms with van der Waals surface area (Å²) >= 11 is 5.57. The van der Waals surface area contributed by atoms with Gasteiger partial charge in [-0.1, -0.05) is 23.7 Å². The average molecular weight is 188 g/mol. The number of hydrogen-bond donors (Lipinski definition) is 1. The van der Waals surface area contributed by atoms with Crippen molar-refractivity contribution in [3.63, 3.8) is 0 Å². The van der Waals surface area contributed by atoms with Crippen LogP contribution in [0.25, 0.3) is 0 Å². The summed E-state index contributed by atoms with van der Waals surface area (Å²) in [6.07, 6.45) is -1.77. The van der Waals surface area contributed by atoms with Crippen molar-refractivity contribution in [2.45, 2.75) is 6.17 Å². The zero-order chi connectivity index (χ0) is 9.14. The quantitative estimate of drug-likeness (QED) is 0.754. The number of nitrogens with two attached hydrogens (primary N) is 1. The molecule has 1 rings (SSSR count). The predicted octanol–water partition coefficient (Wildman–Crippen LogP) is 1.84. The molecule has 0 aliphatic rings. The summed E-state index contributed by atoms with van der Waals surface area (Å²) in [7, 11) is 0. The van der Waals surface area contributed by atoms with E-state index in [2.05, 4.69) is 0 Å². The van der Waals surface area contributed by atoms with Crippen LogP contribution in [0.15, 0.2) is 24.3 Å². The molecule has 0 aliphatic carbocycles. The fourth-order valence-corrected chi connectivity index (χ4v) is 1.03. The van der Waals surface area contributed by atoms with Crippen molar-refractivity contribution in [3.8, 4) is 0 Å². The van der Waals surface area contributed by atoms with Gasteiger partial charge in [-0.15, -0.1) is 0 Å². The highest BCUT2D eigenvalue weighted by Crippen LogP contribution is 2.20. The van der Waals surface area contributed by atoms with Crippen LogP contribution in [0.1, 0.15) is 11.7 Å². The van der Waals surface area contributed by atoms with Crippen molar-refractivity contribution in [3.05, 3.63) is 34.9 Å². The first-order valence-electron chi connectivity index (χ1n) is 3.30. The summed E-state index contributed by atoms with van der Waals surface area (Å²) < 4.78 is 12.9. The van der Waals surface area contributed by atoms with Gasteiger partial charge in [-0.3, -0.25) is 4.79 Å². The lowest BCUT2D eigenvalue weighted by Crippen LogP contribution is -2.17. The van der Waals surface area contributed by atoms with E-state index in [1.54, 1.807) is 12.1 Å². The lowest BCUT2D eigenvalue weighted by atomic mass is 10.1. The van der Waals surface area contributed by atoms with Crippen molar-refractivity contribution < 1.29 is 9.18 Å². The smallest absolute Gasteiger partial charge is 0.256 e. The molecule has 64 valence electrons. The second-order valence-electron chi connectivity index (χ2n) is 2.32. The van der Waals surface area contributed by atoms with Crippen LogP contribution in [-0.4, -0.2) is 5.91 Å². The Kier molecular flexibility index (Phi) is 2.65. The van der Waals surface area contributed by atoms with Crippen molar-refractivity contribution in [1.82, 2.24) is 0 Å². The summed E-state index contributed by atoms with van der Waals surface area (Å²) in [6, 6.07) is 5.99. The molecule has 0 bridgehead atoms. The Labute approximate surface area is 74.1 Å². The molecule has 0 heterocycles. The van der Waals surface area contributed by atoms with Crippen LogP contribution in [-0.2, 0) is 4.79 Å². The largest absolute Gasteiger partial charge is 0.367 e. The molecule has 0 aromatic heterocycles. The third-order valence-corrected chi connectivity index (χ3v) is 1.63. The lowest BCUT2D eigenvalue weighted by Gasteiger charge is -2.03. The van der Waals surface area contributed by atoms with Gasteiger partial charge in [0.05, 0.1) is 0 Å². The number of primary amides is 1. The number of benzene rings is 1. The van der Waals surface area contributed by atoms with Gasteiger partial charge >= 0.3 is 0 Å². The first kappa shape index (κ1) is 9.00. The Hall–Kier alpha value is -1.09. The number of amides is 1. The lowest BCUT2D eigenvalue weighted by molar-refractivity contribution is -0.122. The number of carbonyl (C=O) groups is 1. The summed E-state index contributed by atoms with van der Waals surface area (Å²) in [5, 5.41) is 0.386. The molecule has 0 radical (unpaired) electrons. The van der Waals surface area contributed by atoms with Crippen LogP contribution in [0.2, 0.25) is 5.02 Å². The van der Waals surface area contributed by atoms with E-state index in [9.17, 15) is 9.18 Å². The Morgan fingerprint density at radius 1 is 1.58 bits per heavy atom. The number of rotatable bonds is 2. The molecule has 12 heavy (non-hydrogen) atoms. The highest BCUT2D eigenvalue weighted by atomic mass is 35.5. The molecule has 1 aromatic rings. The number of halogens is 2. The van der Waals surface area contributed by atoms with E-state index in [1.165, 1.54) is 12.1 Å². The summed E-state index contributed by atoms with van der Waals surface area (Å²) in [5.74, 6) is -1.00. The zero-order valence-corrected chi connectivity index (χ0v) is 6.88. The molecule has 0 saturated carbocycles. The van der Waals surface area contributed by atoms with Gasteiger partial charge in [0.15, 0.2) is 0 Å². The second kappa shape index (κ2) is 3.54. The zero-order valence-electron chi connectivity index (χ0n) is 6.13. The van der Waals surface area contributed by atoms with E-state index in [4.69, 9.17) is 17.3 Å². The minimum atomic E-state index is -1.77. The topological polar surface area (TPSA) is 43.1 Å². The Morgan fingerprint density at radius 3 is 2.75 bits per heavy atom. The highest BCUT2D eigenvalue weighted by Gasteiger charge is 2.15. The predicted molar refractivity (Wildman–Crippen MR) is 44.5 cm³/mol. The van der Waals surface area contributed by atoms with Crippen LogP contribution in [0.3, 0.4) is 0 Å². The molecular weight excluding hydrogens is 181 g/mol. The molecule has 0 aliphatic heterocycles. The Morgan fingerprint density at radius 2 is 2.25 bits per heavy atom. The third-order valence-electron chi connectivity index (χ3n) is 1.39. The Bertz CT molecular complexity index is 303. The molecule has 2 nitrogen and oxygen atoms in total. The van der Waals surface area contributed by atoms with Crippen LogP contribution in [0.4, 0.5) is 4.39 Å². The molecule has 1 unspecified atom stereocenters. The van der Waals surface area contributed by atoms with Crippen LogP contribution in [0.5, 0.6) is 0 Å². The minimum Gasteiger partial charge on any atom is -0.367 e. The molecule has 0 spiro atoms. The van der Waals surface area contributed by atoms with Crippen molar-refractivity contribution >= 4 is 17.5 Å². The summed E-state index contributed by atoms with van der Waals surface area (Å²) in [6.45, 7) is 0. The second-order valence-corrected chi connectivity index (χ2v) is 2.76. The van der Waals surface area contributed by atoms with Crippen molar-refractivity contribution in [1.29, 1.82) is 0 Å². The molecule has 4 heteroatoms. The van der Waals surface area contributed by atoms with E-state index < -0.39 is 12.1 Å². The maximum absolute atomic E-state index is 12.9. The normalized spacial score (nSPS) is 12.5. The first-order chi connectivity index (χ1) is 5.61.